The molecule has 1 unspecified atom stereocenters. The standard InChI is InChI=1S/C20H25FN4O3S/c1-11(24-29(28)20(2,3)4)13-6-12(21)7-15-14(13)8-17(22-19(15)27)16-9-25(5)23-18(16)10-26/h6-9,11,24,26H,10H2,1-5H3,(H,22,27)/t11-,29?/m1/s1. The molecular formula is C20H25FN4O3S. The number of aryl methyl sites for hydroxylation is 1. The minimum Gasteiger partial charge on any atom is -0.598 e. The molecule has 0 saturated carbocycles. The van der Waals surface area contributed by atoms with E-state index in [4.69, 9.17) is 0 Å². The summed E-state index contributed by atoms with van der Waals surface area (Å²) in [5, 5.41) is 14.5. The normalized spacial score (nSPS) is 14.3. The van der Waals surface area contributed by atoms with Crippen LogP contribution in [-0.4, -0.2) is 29.2 Å². The van der Waals surface area contributed by atoms with Crippen molar-refractivity contribution >= 4 is 22.1 Å². The van der Waals surface area contributed by atoms with Crippen molar-refractivity contribution < 1.29 is 14.0 Å². The van der Waals surface area contributed by atoms with E-state index in [1.165, 1.54) is 12.1 Å². The molecule has 3 rings (SSSR count). The van der Waals surface area contributed by atoms with E-state index in [9.17, 15) is 18.8 Å². The Morgan fingerprint density at radius 2 is 2.03 bits per heavy atom. The van der Waals surface area contributed by atoms with E-state index >= 15 is 0 Å². The third-order valence-corrected chi connectivity index (χ3v) is 6.29. The smallest absolute Gasteiger partial charge is 0.256 e. The van der Waals surface area contributed by atoms with E-state index in [2.05, 4.69) is 14.8 Å². The Hall–Kier alpha value is -2.20. The van der Waals surface area contributed by atoms with E-state index < -0.39 is 33.5 Å². The molecule has 0 fully saturated rings. The molecular weight excluding hydrogens is 395 g/mol. The highest BCUT2D eigenvalue weighted by Gasteiger charge is 2.29. The summed E-state index contributed by atoms with van der Waals surface area (Å²) >= 11 is -1.37. The van der Waals surface area contributed by atoms with Crippen LogP contribution in [0.1, 0.15) is 45.0 Å². The molecule has 0 amide bonds. The van der Waals surface area contributed by atoms with E-state index in [1.807, 2.05) is 20.8 Å². The van der Waals surface area contributed by atoms with Crippen molar-refractivity contribution in [1.82, 2.24) is 19.5 Å². The first-order chi connectivity index (χ1) is 13.5. The first-order valence-corrected chi connectivity index (χ1v) is 10.3. The Bertz CT molecular complexity index is 1100. The molecule has 2 atom stereocenters. The van der Waals surface area contributed by atoms with Gasteiger partial charge in [-0.3, -0.25) is 9.48 Å². The zero-order valence-corrected chi connectivity index (χ0v) is 17.9. The van der Waals surface area contributed by atoms with Crippen LogP contribution in [-0.2, 0) is 25.0 Å². The highest BCUT2D eigenvalue weighted by Crippen LogP contribution is 2.29. The molecule has 0 aliphatic heterocycles. The zero-order chi connectivity index (χ0) is 21.5. The van der Waals surface area contributed by atoms with Gasteiger partial charge in [-0.05, 0) is 56.8 Å². The van der Waals surface area contributed by atoms with Gasteiger partial charge >= 0.3 is 0 Å². The highest BCUT2D eigenvalue weighted by molar-refractivity contribution is 7.90. The molecule has 0 radical (unpaired) electrons. The summed E-state index contributed by atoms with van der Waals surface area (Å²) in [7, 11) is 1.72. The van der Waals surface area contributed by atoms with E-state index in [-0.39, 0.29) is 12.0 Å². The monoisotopic (exact) mass is 420 g/mol. The largest absolute Gasteiger partial charge is 0.598 e. The summed E-state index contributed by atoms with van der Waals surface area (Å²) in [6.45, 7) is 7.02. The number of rotatable bonds is 5. The molecule has 29 heavy (non-hydrogen) atoms. The maximum atomic E-state index is 14.3. The van der Waals surface area contributed by atoms with E-state index in [0.29, 0.717) is 27.9 Å². The second-order valence-electron chi connectivity index (χ2n) is 8.01. The molecule has 3 N–H and O–H groups in total. The molecule has 7 nitrogen and oxygen atoms in total. The van der Waals surface area contributed by atoms with Crippen molar-refractivity contribution in [3.05, 3.63) is 51.8 Å². The van der Waals surface area contributed by atoms with E-state index in [0.717, 1.165) is 0 Å². The van der Waals surface area contributed by atoms with Crippen molar-refractivity contribution in [2.45, 2.75) is 45.1 Å². The van der Waals surface area contributed by atoms with Gasteiger partial charge in [-0.1, -0.05) is 0 Å². The first kappa shape index (κ1) is 21.5. The number of aromatic amines is 1. The fraction of sp³-hybridized carbons (Fsp3) is 0.400. The number of fused-ring (bicyclic) bond motifs is 1. The minimum absolute atomic E-state index is 0.202. The van der Waals surface area contributed by atoms with Gasteiger partial charge in [0.25, 0.3) is 5.56 Å². The summed E-state index contributed by atoms with van der Waals surface area (Å²) in [6.07, 6.45) is 1.70. The molecule has 2 heterocycles. The van der Waals surface area contributed by atoms with Crippen LogP contribution < -0.4 is 10.3 Å². The molecule has 156 valence electrons. The van der Waals surface area contributed by atoms with Crippen molar-refractivity contribution in [2.75, 3.05) is 0 Å². The summed E-state index contributed by atoms with van der Waals surface area (Å²) in [5.41, 5.74) is 1.56. The van der Waals surface area contributed by atoms with E-state index in [1.54, 1.807) is 30.9 Å². The number of benzene rings is 1. The Balaban J connectivity index is 2.18. The van der Waals surface area contributed by atoms with Gasteiger partial charge in [-0.25, -0.2) is 4.39 Å². The first-order valence-electron chi connectivity index (χ1n) is 9.19. The second kappa shape index (κ2) is 7.91. The lowest BCUT2D eigenvalue weighted by Crippen LogP contribution is -2.40. The van der Waals surface area contributed by atoms with Crippen molar-refractivity contribution in [2.24, 2.45) is 7.05 Å². The molecule has 0 saturated heterocycles. The number of aromatic nitrogens is 3. The number of aliphatic hydroxyl groups excluding tert-OH is 1. The van der Waals surface area contributed by atoms with Crippen LogP contribution in [0.15, 0.2) is 29.2 Å². The van der Waals surface area contributed by atoms with Gasteiger partial charge in [-0.15, -0.1) is 4.72 Å². The molecule has 9 heteroatoms. The Labute approximate surface area is 171 Å². The highest BCUT2D eigenvalue weighted by atomic mass is 32.2. The van der Waals surface area contributed by atoms with Crippen molar-refractivity contribution in [1.29, 1.82) is 0 Å². The molecule has 1 aromatic carbocycles. The number of nitrogens with zero attached hydrogens (tertiary/aromatic N) is 2. The lowest BCUT2D eigenvalue weighted by atomic mass is 9.99. The third-order valence-electron chi connectivity index (χ3n) is 4.61. The SMILES string of the molecule is C[C@@H](N[S+]([O-])C(C)(C)C)c1cc(F)cc2c(=O)[nH]c(-c3cn(C)nc3CO)cc12. The lowest BCUT2D eigenvalue weighted by molar-refractivity contribution is 0.276. The number of H-pyrrole nitrogens is 1. The van der Waals surface area contributed by atoms with Gasteiger partial charge in [0.1, 0.15) is 10.6 Å². The summed E-state index contributed by atoms with van der Waals surface area (Å²) < 4.78 is 30.8. The van der Waals surface area contributed by atoms with Crippen LogP contribution in [0, 0.1) is 5.82 Å². The third kappa shape index (κ3) is 4.37. The van der Waals surface area contributed by atoms with Gasteiger partial charge < -0.3 is 14.6 Å². The maximum absolute atomic E-state index is 14.3. The Kier molecular flexibility index (Phi) is 5.86. The van der Waals surface area contributed by atoms with Crippen molar-refractivity contribution in [3.63, 3.8) is 0 Å². The fourth-order valence-electron chi connectivity index (χ4n) is 3.14. The summed E-state index contributed by atoms with van der Waals surface area (Å²) in [5.74, 6) is -0.543. The predicted octanol–water partition coefficient (Wildman–Crippen LogP) is 2.67. The average Bonchev–Trinajstić information content (AvgIpc) is 3.01. The average molecular weight is 421 g/mol. The number of hydrogen-bond acceptors (Lipinski definition) is 5. The molecule has 3 aromatic rings. The molecule has 0 bridgehead atoms. The van der Waals surface area contributed by atoms with Gasteiger partial charge in [0.2, 0.25) is 0 Å². The molecule has 0 aliphatic carbocycles. The number of hydrogen-bond donors (Lipinski definition) is 3. The summed E-state index contributed by atoms with van der Waals surface area (Å²) in [6, 6.07) is 3.80. The second-order valence-corrected chi connectivity index (χ2v) is 10.0. The predicted molar refractivity (Wildman–Crippen MR) is 112 cm³/mol. The molecule has 0 spiro atoms. The van der Waals surface area contributed by atoms with Crippen LogP contribution in [0.3, 0.4) is 0 Å². The van der Waals surface area contributed by atoms with Gasteiger partial charge in [0.05, 0.1) is 29.4 Å². The van der Waals surface area contributed by atoms with Crippen LogP contribution in [0.25, 0.3) is 22.0 Å². The maximum Gasteiger partial charge on any atom is 0.256 e. The minimum atomic E-state index is -1.37. The summed E-state index contributed by atoms with van der Waals surface area (Å²) in [4.78, 5) is 15.4. The van der Waals surface area contributed by atoms with Crippen molar-refractivity contribution in [3.8, 4) is 11.3 Å². The van der Waals surface area contributed by atoms with Gasteiger partial charge in [0, 0.05) is 30.2 Å². The Morgan fingerprint density at radius 3 is 2.66 bits per heavy atom. The van der Waals surface area contributed by atoms with Crippen LogP contribution in [0.4, 0.5) is 4.39 Å². The zero-order valence-electron chi connectivity index (χ0n) is 17.0. The quantitative estimate of drug-likeness (QED) is 0.550. The molecule has 0 aliphatic rings. The number of nitrogens with one attached hydrogen (secondary N) is 2. The molecule has 2 aromatic heterocycles. The number of aliphatic hydroxyl groups is 1. The lowest BCUT2D eigenvalue weighted by Gasteiger charge is -2.27. The van der Waals surface area contributed by atoms with Gasteiger partial charge in [0.15, 0.2) is 0 Å². The van der Waals surface area contributed by atoms with Crippen LogP contribution in [0.5, 0.6) is 0 Å². The number of pyridine rings is 1. The number of halogens is 1. The Morgan fingerprint density at radius 1 is 1.34 bits per heavy atom. The van der Waals surface area contributed by atoms with Gasteiger partial charge in [-0.2, -0.15) is 5.10 Å². The fourth-order valence-corrected chi connectivity index (χ4v) is 3.94. The van der Waals surface area contributed by atoms with Crippen LogP contribution >= 0.6 is 0 Å². The van der Waals surface area contributed by atoms with Crippen LogP contribution in [0.2, 0.25) is 0 Å². The topological polar surface area (TPSA) is 106 Å².